The summed E-state index contributed by atoms with van der Waals surface area (Å²) in [6.45, 7) is 1.98. The first-order valence-electron chi connectivity index (χ1n) is 5.98. The van der Waals surface area contributed by atoms with E-state index >= 15 is 0 Å². The molecule has 0 amide bonds. The Hall–Kier alpha value is -1.94. The molecule has 0 aliphatic carbocycles. The van der Waals surface area contributed by atoms with Gasteiger partial charge in [-0.25, -0.2) is 9.98 Å². The second kappa shape index (κ2) is 4.97. The molecule has 0 aliphatic heterocycles. The van der Waals surface area contributed by atoms with Crippen LogP contribution in [0.25, 0.3) is 11.0 Å². The highest BCUT2D eigenvalue weighted by atomic mass is 79.9. The van der Waals surface area contributed by atoms with E-state index in [1.807, 2.05) is 55.5 Å². The topological polar surface area (TPSA) is 41.0 Å². The van der Waals surface area contributed by atoms with Crippen LogP contribution in [0.5, 0.6) is 0 Å². The zero-order chi connectivity index (χ0) is 13.2. The van der Waals surface area contributed by atoms with Gasteiger partial charge in [-0.3, -0.25) is 0 Å². The number of aromatic nitrogens is 2. The molecule has 3 nitrogen and oxygen atoms in total. The molecule has 0 bridgehead atoms. The van der Waals surface area contributed by atoms with E-state index < -0.39 is 0 Å². The molecule has 0 radical (unpaired) electrons. The van der Waals surface area contributed by atoms with Crippen LogP contribution in [0.1, 0.15) is 12.5 Å². The average molecular weight is 314 g/mol. The molecular weight excluding hydrogens is 302 g/mol. The molecule has 3 rings (SSSR count). The van der Waals surface area contributed by atoms with Crippen molar-refractivity contribution >= 4 is 38.6 Å². The monoisotopic (exact) mass is 313 g/mol. The summed E-state index contributed by atoms with van der Waals surface area (Å²) in [4.78, 5) is 12.2. The fraction of sp³-hybridized carbons (Fsp3) is 0.0667. The lowest BCUT2D eigenvalue weighted by Gasteiger charge is -2.00. The van der Waals surface area contributed by atoms with Crippen molar-refractivity contribution in [2.75, 3.05) is 0 Å². The third-order valence-electron chi connectivity index (χ3n) is 2.89. The van der Waals surface area contributed by atoms with Crippen molar-refractivity contribution < 1.29 is 0 Å². The Morgan fingerprint density at radius 2 is 2.00 bits per heavy atom. The van der Waals surface area contributed by atoms with Gasteiger partial charge in [0.05, 0.1) is 11.0 Å². The van der Waals surface area contributed by atoms with Gasteiger partial charge in [0.25, 0.3) is 0 Å². The van der Waals surface area contributed by atoms with E-state index in [1.165, 1.54) is 0 Å². The van der Waals surface area contributed by atoms with E-state index in [1.54, 1.807) is 0 Å². The number of hydrogen-bond donors (Lipinski definition) is 1. The van der Waals surface area contributed by atoms with Crippen LogP contribution >= 0.6 is 15.9 Å². The zero-order valence-corrected chi connectivity index (χ0v) is 12.0. The van der Waals surface area contributed by atoms with Crippen molar-refractivity contribution in [3.05, 3.63) is 58.6 Å². The van der Waals surface area contributed by atoms with Crippen molar-refractivity contribution in [1.29, 1.82) is 0 Å². The van der Waals surface area contributed by atoms with Gasteiger partial charge in [-0.05, 0) is 36.8 Å². The average Bonchev–Trinajstić information content (AvgIpc) is 2.80. The molecule has 19 heavy (non-hydrogen) atoms. The molecule has 0 saturated carbocycles. The predicted octanol–water partition coefficient (Wildman–Crippen LogP) is 4.47. The van der Waals surface area contributed by atoms with Crippen LogP contribution in [0.2, 0.25) is 0 Å². The maximum Gasteiger partial charge on any atom is 0.228 e. The van der Waals surface area contributed by atoms with Crippen molar-refractivity contribution in [3.63, 3.8) is 0 Å². The third kappa shape index (κ3) is 2.58. The number of fused-ring (bicyclic) bond motifs is 1. The van der Waals surface area contributed by atoms with Crippen molar-refractivity contribution in [3.8, 4) is 0 Å². The van der Waals surface area contributed by atoms with E-state index in [4.69, 9.17) is 0 Å². The van der Waals surface area contributed by atoms with E-state index in [2.05, 4.69) is 30.9 Å². The van der Waals surface area contributed by atoms with Crippen LogP contribution in [0.15, 0.2) is 58.0 Å². The maximum absolute atomic E-state index is 4.54. The van der Waals surface area contributed by atoms with Crippen LogP contribution in [0.4, 0.5) is 5.95 Å². The second-order valence-electron chi connectivity index (χ2n) is 4.29. The van der Waals surface area contributed by atoms with E-state index in [-0.39, 0.29) is 0 Å². The minimum absolute atomic E-state index is 0.638. The number of benzene rings is 2. The number of H-pyrrole nitrogens is 1. The number of hydrogen-bond acceptors (Lipinski definition) is 2. The van der Waals surface area contributed by atoms with Gasteiger partial charge in [-0.1, -0.05) is 40.2 Å². The van der Waals surface area contributed by atoms with Gasteiger partial charge in [0.15, 0.2) is 0 Å². The van der Waals surface area contributed by atoms with Gasteiger partial charge < -0.3 is 4.98 Å². The predicted molar refractivity (Wildman–Crippen MR) is 82.1 cm³/mol. The minimum atomic E-state index is 0.638. The van der Waals surface area contributed by atoms with E-state index in [9.17, 15) is 0 Å². The van der Waals surface area contributed by atoms with E-state index in [0.29, 0.717) is 5.95 Å². The third-order valence-corrected chi connectivity index (χ3v) is 3.39. The molecule has 3 aromatic rings. The van der Waals surface area contributed by atoms with Gasteiger partial charge in [-0.15, -0.1) is 0 Å². The molecule has 1 aromatic heterocycles. The number of halogens is 1. The number of nitrogens with zero attached hydrogens (tertiary/aromatic N) is 2. The normalized spacial score (nSPS) is 12.0. The van der Waals surface area contributed by atoms with Crippen LogP contribution in [-0.2, 0) is 0 Å². The Labute approximate surface area is 119 Å². The van der Waals surface area contributed by atoms with Crippen LogP contribution < -0.4 is 0 Å². The van der Waals surface area contributed by atoms with Crippen LogP contribution in [0.3, 0.4) is 0 Å². The molecule has 0 aliphatic rings. The Balaban J connectivity index is 2.00. The molecular formula is C15H12BrN3. The molecule has 0 fully saturated rings. The minimum Gasteiger partial charge on any atom is -0.322 e. The van der Waals surface area contributed by atoms with Gasteiger partial charge >= 0.3 is 0 Å². The van der Waals surface area contributed by atoms with Crippen LogP contribution in [-0.4, -0.2) is 15.7 Å². The van der Waals surface area contributed by atoms with Crippen molar-refractivity contribution in [2.45, 2.75) is 6.92 Å². The van der Waals surface area contributed by atoms with Gasteiger partial charge in [0.1, 0.15) is 0 Å². The van der Waals surface area contributed by atoms with Crippen molar-refractivity contribution in [2.24, 2.45) is 4.99 Å². The van der Waals surface area contributed by atoms with Gasteiger partial charge in [0, 0.05) is 10.2 Å². The standard InChI is InChI=1S/C15H12BrN3/c1-10(11-5-4-6-12(16)9-11)17-15-18-13-7-2-3-8-14(13)19-15/h2-9H,1H3,(H,18,19)/b17-10+. The van der Waals surface area contributed by atoms with Gasteiger partial charge in [-0.2, -0.15) is 0 Å². The molecule has 0 saturated heterocycles. The number of imidazole rings is 1. The van der Waals surface area contributed by atoms with Crippen LogP contribution in [0, 0.1) is 0 Å². The second-order valence-corrected chi connectivity index (χ2v) is 5.20. The number of para-hydroxylation sites is 2. The summed E-state index contributed by atoms with van der Waals surface area (Å²) >= 11 is 3.47. The smallest absolute Gasteiger partial charge is 0.228 e. The highest BCUT2D eigenvalue weighted by Crippen LogP contribution is 2.18. The summed E-state index contributed by atoms with van der Waals surface area (Å²) in [5, 5.41) is 0. The first-order chi connectivity index (χ1) is 9.22. The largest absolute Gasteiger partial charge is 0.322 e. The number of aromatic amines is 1. The van der Waals surface area contributed by atoms with E-state index in [0.717, 1.165) is 26.8 Å². The molecule has 94 valence electrons. The SMILES string of the molecule is C/C(=N\c1nc2ccccc2[nH]1)c1cccc(Br)c1. The molecule has 1 heterocycles. The molecule has 0 spiro atoms. The lowest BCUT2D eigenvalue weighted by Crippen LogP contribution is -1.93. The summed E-state index contributed by atoms with van der Waals surface area (Å²) in [6, 6.07) is 16.0. The fourth-order valence-electron chi connectivity index (χ4n) is 1.93. The summed E-state index contributed by atoms with van der Waals surface area (Å²) in [5.41, 5.74) is 3.95. The highest BCUT2D eigenvalue weighted by Gasteiger charge is 2.02. The molecule has 0 atom stereocenters. The number of nitrogens with one attached hydrogen (secondary N) is 1. The summed E-state index contributed by atoms with van der Waals surface area (Å²) in [7, 11) is 0. The quantitative estimate of drug-likeness (QED) is 0.697. The fourth-order valence-corrected chi connectivity index (χ4v) is 2.33. The van der Waals surface area contributed by atoms with Crippen molar-refractivity contribution in [1.82, 2.24) is 9.97 Å². The van der Waals surface area contributed by atoms with Gasteiger partial charge in [0.2, 0.25) is 5.95 Å². The Morgan fingerprint density at radius 3 is 2.79 bits per heavy atom. The molecule has 0 unspecified atom stereocenters. The summed E-state index contributed by atoms with van der Waals surface area (Å²) in [5.74, 6) is 0.638. The first kappa shape index (κ1) is 12.1. The molecule has 2 aromatic carbocycles. The number of aliphatic imine (C=N–C) groups is 1. The summed E-state index contributed by atoms with van der Waals surface area (Å²) in [6.07, 6.45) is 0. The molecule has 1 N–H and O–H groups in total. The Kier molecular flexibility index (Phi) is 3.17. The lowest BCUT2D eigenvalue weighted by molar-refractivity contribution is 1.26. The summed E-state index contributed by atoms with van der Waals surface area (Å²) < 4.78 is 1.05. The first-order valence-corrected chi connectivity index (χ1v) is 6.78. The Bertz CT molecular complexity index is 726. The highest BCUT2D eigenvalue weighted by molar-refractivity contribution is 9.10. The Morgan fingerprint density at radius 1 is 1.16 bits per heavy atom. The lowest BCUT2D eigenvalue weighted by atomic mass is 10.1. The number of rotatable bonds is 2. The zero-order valence-electron chi connectivity index (χ0n) is 10.4. The molecule has 4 heteroatoms. The maximum atomic E-state index is 4.54.